The predicted molar refractivity (Wildman–Crippen MR) is 54.4 cm³/mol. The second-order valence-corrected chi connectivity index (χ2v) is 3.63. The predicted octanol–water partition coefficient (Wildman–Crippen LogP) is 1.56. The molecule has 1 atom stereocenters. The second-order valence-electron chi connectivity index (χ2n) is 3.63. The molecule has 0 saturated heterocycles. The van der Waals surface area contributed by atoms with Crippen LogP contribution in [0.25, 0.3) is 0 Å². The van der Waals surface area contributed by atoms with Gasteiger partial charge in [-0.1, -0.05) is 20.3 Å². The molecule has 1 aromatic rings. The van der Waals surface area contributed by atoms with E-state index in [-0.39, 0.29) is 0 Å². The molecule has 0 radical (unpaired) electrons. The molecule has 1 unspecified atom stereocenters. The summed E-state index contributed by atoms with van der Waals surface area (Å²) in [4.78, 5) is 0. The summed E-state index contributed by atoms with van der Waals surface area (Å²) in [6.45, 7) is 6.43. The van der Waals surface area contributed by atoms with E-state index >= 15 is 0 Å². The van der Waals surface area contributed by atoms with Gasteiger partial charge in [0.15, 0.2) is 0 Å². The Hall–Kier alpha value is -0.830. The Morgan fingerprint density at radius 1 is 1.62 bits per heavy atom. The molecule has 1 rings (SSSR count). The van der Waals surface area contributed by atoms with Gasteiger partial charge in [0, 0.05) is 19.8 Å². The fraction of sp³-hybridized carbons (Fsp3) is 0.700. The van der Waals surface area contributed by atoms with E-state index in [0.717, 1.165) is 24.7 Å². The molecule has 74 valence electrons. The third-order valence-electron chi connectivity index (χ3n) is 2.26. The van der Waals surface area contributed by atoms with Crippen LogP contribution in [0.4, 0.5) is 0 Å². The first-order valence-corrected chi connectivity index (χ1v) is 4.91. The highest BCUT2D eigenvalue weighted by Gasteiger charge is 1.99. The molecule has 1 N–H and O–H groups in total. The Labute approximate surface area is 80.1 Å². The molecule has 0 saturated carbocycles. The summed E-state index contributed by atoms with van der Waals surface area (Å²) in [5.41, 5.74) is 1.12. The maximum atomic E-state index is 4.29. The summed E-state index contributed by atoms with van der Waals surface area (Å²) in [5, 5.41) is 7.68. The average molecular weight is 181 g/mol. The molecule has 0 amide bonds. The van der Waals surface area contributed by atoms with Crippen LogP contribution >= 0.6 is 0 Å². The average Bonchev–Trinajstić information content (AvgIpc) is 2.51. The first-order valence-electron chi connectivity index (χ1n) is 4.91. The lowest BCUT2D eigenvalue weighted by Gasteiger charge is -2.08. The minimum Gasteiger partial charge on any atom is -0.311 e. The highest BCUT2D eigenvalue weighted by atomic mass is 15.3. The van der Waals surface area contributed by atoms with Crippen LogP contribution in [0.2, 0.25) is 0 Å². The van der Waals surface area contributed by atoms with Crippen molar-refractivity contribution in [3.8, 4) is 0 Å². The Morgan fingerprint density at radius 3 is 2.92 bits per heavy atom. The van der Waals surface area contributed by atoms with Crippen molar-refractivity contribution in [1.29, 1.82) is 0 Å². The number of hydrogen-bond acceptors (Lipinski definition) is 2. The number of nitrogens with one attached hydrogen (secondary N) is 1. The second kappa shape index (κ2) is 5.02. The fourth-order valence-corrected chi connectivity index (χ4v) is 1.15. The summed E-state index contributed by atoms with van der Waals surface area (Å²) < 4.78 is 1.83. The van der Waals surface area contributed by atoms with Gasteiger partial charge < -0.3 is 5.32 Å². The minimum absolute atomic E-state index is 0.753. The van der Waals surface area contributed by atoms with Gasteiger partial charge in [-0.3, -0.25) is 4.68 Å². The van der Waals surface area contributed by atoms with Crippen molar-refractivity contribution in [3.63, 3.8) is 0 Å². The Morgan fingerprint density at radius 2 is 2.38 bits per heavy atom. The molecule has 0 aliphatic heterocycles. The van der Waals surface area contributed by atoms with Crippen molar-refractivity contribution in [2.24, 2.45) is 13.0 Å². The Balaban J connectivity index is 2.20. The van der Waals surface area contributed by atoms with E-state index in [1.54, 1.807) is 0 Å². The van der Waals surface area contributed by atoms with Gasteiger partial charge >= 0.3 is 0 Å². The van der Waals surface area contributed by atoms with E-state index in [1.807, 2.05) is 24.0 Å². The van der Waals surface area contributed by atoms with E-state index in [4.69, 9.17) is 0 Å². The largest absolute Gasteiger partial charge is 0.311 e. The standard InChI is InChI=1S/C10H19N3/c1-4-9(2)7-11-8-10-5-6-13(3)12-10/h5-6,9,11H,4,7-8H2,1-3H3. The summed E-state index contributed by atoms with van der Waals surface area (Å²) >= 11 is 0. The fourth-order valence-electron chi connectivity index (χ4n) is 1.15. The van der Waals surface area contributed by atoms with Gasteiger partial charge in [-0.05, 0) is 18.5 Å². The number of rotatable bonds is 5. The number of aryl methyl sites for hydroxylation is 1. The molecular formula is C10H19N3. The third kappa shape index (κ3) is 3.59. The van der Waals surface area contributed by atoms with Crippen molar-refractivity contribution in [1.82, 2.24) is 15.1 Å². The van der Waals surface area contributed by atoms with Gasteiger partial charge in [0.25, 0.3) is 0 Å². The van der Waals surface area contributed by atoms with Gasteiger partial charge in [0.1, 0.15) is 0 Å². The third-order valence-corrected chi connectivity index (χ3v) is 2.26. The van der Waals surface area contributed by atoms with Crippen LogP contribution in [0, 0.1) is 5.92 Å². The van der Waals surface area contributed by atoms with Crippen molar-refractivity contribution in [3.05, 3.63) is 18.0 Å². The molecular weight excluding hydrogens is 162 g/mol. The van der Waals surface area contributed by atoms with Gasteiger partial charge in [-0.25, -0.2) is 0 Å². The lowest BCUT2D eigenvalue weighted by atomic mass is 10.1. The van der Waals surface area contributed by atoms with E-state index < -0.39 is 0 Å². The zero-order valence-electron chi connectivity index (χ0n) is 8.75. The van der Waals surface area contributed by atoms with Crippen molar-refractivity contribution >= 4 is 0 Å². The molecule has 3 heteroatoms. The van der Waals surface area contributed by atoms with E-state index in [9.17, 15) is 0 Å². The number of nitrogens with zero attached hydrogens (tertiary/aromatic N) is 2. The van der Waals surface area contributed by atoms with E-state index in [1.165, 1.54) is 6.42 Å². The normalized spacial score (nSPS) is 13.2. The van der Waals surface area contributed by atoms with Crippen molar-refractivity contribution < 1.29 is 0 Å². The SMILES string of the molecule is CCC(C)CNCc1ccn(C)n1. The lowest BCUT2D eigenvalue weighted by Crippen LogP contribution is -2.20. The van der Waals surface area contributed by atoms with Crippen molar-refractivity contribution in [2.45, 2.75) is 26.8 Å². The van der Waals surface area contributed by atoms with Gasteiger partial charge in [-0.15, -0.1) is 0 Å². The number of hydrogen-bond donors (Lipinski definition) is 1. The summed E-state index contributed by atoms with van der Waals surface area (Å²) in [7, 11) is 1.94. The van der Waals surface area contributed by atoms with Crippen LogP contribution in [-0.4, -0.2) is 16.3 Å². The molecule has 3 nitrogen and oxygen atoms in total. The first kappa shape index (κ1) is 10.3. The molecule has 0 bridgehead atoms. The molecule has 0 aromatic carbocycles. The highest BCUT2D eigenvalue weighted by molar-refractivity contribution is 4.97. The van der Waals surface area contributed by atoms with Gasteiger partial charge in [0.2, 0.25) is 0 Å². The lowest BCUT2D eigenvalue weighted by molar-refractivity contribution is 0.496. The summed E-state index contributed by atoms with van der Waals surface area (Å²) in [6.07, 6.45) is 3.20. The van der Waals surface area contributed by atoms with Gasteiger partial charge in [-0.2, -0.15) is 5.10 Å². The summed E-state index contributed by atoms with van der Waals surface area (Å²) in [6, 6.07) is 2.05. The zero-order chi connectivity index (χ0) is 9.68. The van der Waals surface area contributed by atoms with Crippen LogP contribution in [0.1, 0.15) is 26.0 Å². The topological polar surface area (TPSA) is 29.9 Å². The molecule has 1 aromatic heterocycles. The Bertz CT molecular complexity index is 242. The maximum absolute atomic E-state index is 4.29. The molecule has 0 fully saturated rings. The summed E-state index contributed by atoms with van der Waals surface area (Å²) in [5.74, 6) is 0.753. The molecule has 0 aliphatic carbocycles. The minimum atomic E-state index is 0.753. The highest BCUT2D eigenvalue weighted by Crippen LogP contribution is 1.98. The molecule has 0 spiro atoms. The van der Waals surface area contributed by atoms with Crippen LogP contribution in [0.15, 0.2) is 12.3 Å². The van der Waals surface area contributed by atoms with Crippen LogP contribution in [0.5, 0.6) is 0 Å². The van der Waals surface area contributed by atoms with Crippen LogP contribution in [0.3, 0.4) is 0 Å². The molecule has 1 heterocycles. The van der Waals surface area contributed by atoms with E-state index in [2.05, 4.69) is 24.3 Å². The van der Waals surface area contributed by atoms with Crippen LogP contribution in [-0.2, 0) is 13.6 Å². The van der Waals surface area contributed by atoms with Crippen LogP contribution < -0.4 is 5.32 Å². The van der Waals surface area contributed by atoms with E-state index in [0.29, 0.717) is 0 Å². The first-order chi connectivity index (χ1) is 6.22. The number of aromatic nitrogens is 2. The molecule has 0 aliphatic rings. The monoisotopic (exact) mass is 181 g/mol. The Kier molecular flexibility index (Phi) is 3.96. The maximum Gasteiger partial charge on any atom is 0.0762 e. The molecule has 13 heavy (non-hydrogen) atoms. The smallest absolute Gasteiger partial charge is 0.0762 e. The zero-order valence-corrected chi connectivity index (χ0v) is 8.75. The quantitative estimate of drug-likeness (QED) is 0.747. The van der Waals surface area contributed by atoms with Crippen molar-refractivity contribution in [2.75, 3.05) is 6.54 Å². The van der Waals surface area contributed by atoms with Gasteiger partial charge in [0.05, 0.1) is 5.69 Å².